The molecule has 106 valence electrons. The van der Waals surface area contributed by atoms with Gasteiger partial charge in [0.1, 0.15) is 0 Å². The van der Waals surface area contributed by atoms with Crippen LogP contribution in [-0.4, -0.2) is 6.04 Å². The Bertz CT molecular complexity index is 508. The molecule has 1 heterocycles. The van der Waals surface area contributed by atoms with Crippen molar-refractivity contribution in [2.24, 2.45) is 23.7 Å². The van der Waals surface area contributed by atoms with Crippen LogP contribution in [0.3, 0.4) is 0 Å². The largest absolute Gasteiger partial charge is 0.381 e. The van der Waals surface area contributed by atoms with E-state index in [1.165, 1.54) is 37.8 Å². The predicted octanol–water partition coefficient (Wildman–Crippen LogP) is 4.36. The molecule has 0 aromatic heterocycles. The minimum absolute atomic E-state index is 0.678. The summed E-state index contributed by atoms with van der Waals surface area (Å²) in [7, 11) is 0. The van der Waals surface area contributed by atoms with Crippen LogP contribution in [0.5, 0.6) is 0 Å². The molecule has 0 spiro atoms. The van der Waals surface area contributed by atoms with Crippen molar-refractivity contribution < 1.29 is 0 Å². The van der Waals surface area contributed by atoms with Crippen LogP contribution < -0.4 is 5.32 Å². The van der Waals surface area contributed by atoms with Crippen molar-refractivity contribution in [1.29, 1.82) is 0 Å². The highest BCUT2D eigenvalue weighted by Gasteiger charge is 2.38. The zero-order valence-corrected chi connectivity index (χ0v) is 12.4. The summed E-state index contributed by atoms with van der Waals surface area (Å²) in [6.45, 7) is 2.40. The molecule has 1 heteroatoms. The molecule has 0 radical (unpaired) electrons. The van der Waals surface area contributed by atoms with E-state index in [0.717, 1.165) is 23.7 Å². The quantitative estimate of drug-likeness (QED) is 0.696. The van der Waals surface area contributed by atoms with Crippen LogP contribution in [0.4, 0.5) is 0 Å². The average molecular weight is 267 g/mol. The molecule has 4 rings (SSSR count). The summed E-state index contributed by atoms with van der Waals surface area (Å²) < 4.78 is 0. The normalized spacial score (nSPS) is 42.4. The lowest BCUT2D eigenvalue weighted by atomic mass is 9.70. The first-order valence-corrected chi connectivity index (χ1v) is 8.32. The van der Waals surface area contributed by atoms with Crippen LogP contribution in [0.15, 0.2) is 47.7 Å². The third-order valence-electron chi connectivity index (χ3n) is 5.86. The summed E-state index contributed by atoms with van der Waals surface area (Å²) in [5.41, 5.74) is 3.19. The number of fused-ring (bicyclic) bond motifs is 2. The number of hydrogen-bond donors (Lipinski definition) is 1. The molecule has 4 aliphatic rings. The Balaban J connectivity index is 1.54. The molecular formula is C19H25N. The van der Waals surface area contributed by atoms with Crippen LogP contribution in [0.2, 0.25) is 0 Å². The summed E-state index contributed by atoms with van der Waals surface area (Å²) in [6, 6.07) is 0.678. The lowest BCUT2D eigenvalue weighted by molar-refractivity contribution is 0.281. The van der Waals surface area contributed by atoms with Crippen LogP contribution in [0.25, 0.3) is 0 Å². The van der Waals surface area contributed by atoms with E-state index in [-0.39, 0.29) is 0 Å². The zero-order valence-electron chi connectivity index (χ0n) is 12.4. The van der Waals surface area contributed by atoms with Crippen molar-refractivity contribution in [1.82, 2.24) is 5.32 Å². The molecule has 0 amide bonds. The molecule has 1 N–H and O–H groups in total. The summed E-state index contributed by atoms with van der Waals surface area (Å²) in [5.74, 6) is 3.14. The highest BCUT2D eigenvalue weighted by Crippen LogP contribution is 2.44. The molecule has 5 unspecified atom stereocenters. The van der Waals surface area contributed by atoms with Gasteiger partial charge in [0.15, 0.2) is 0 Å². The minimum atomic E-state index is 0.678. The first-order valence-electron chi connectivity index (χ1n) is 8.32. The molecule has 1 nitrogen and oxygen atoms in total. The monoisotopic (exact) mass is 267 g/mol. The maximum absolute atomic E-state index is 3.76. The van der Waals surface area contributed by atoms with Gasteiger partial charge in [-0.2, -0.15) is 0 Å². The fourth-order valence-corrected chi connectivity index (χ4v) is 4.71. The van der Waals surface area contributed by atoms with Crippen LogP contribution in [0, 0.1) is 23.7 Å². The van der Waals surface area contributed by atoms with Gasteiger partial charge in [-0.3, -0.25) is 0 Å². The van der Waals surface area contributed by atoms with Crippen molar-refractivity contribution in [3.05, 3.63) is 47.7 Å². The maximum atomic E-state index is 3.76. The van der Waals surface area contributed by atoms with E-state index in [9.17, 15) is 0 Å². The van der Waals surface area contributed by atoms with Crippen molar-refractivity contribution in [3.63, 3.8) is 0 Å². The van der Waals surface area contributed by atoms with Gasteiger partial charge in [0, 0.05) is 17.7 Å². The fourth-order valence-electron chi connectivity index (χ4n) is 4.71. The Labute approximate surface area is 122 Å². The topological polar surface area (TPSA) is 12.0 Å². The van der Waals surface area contributed by atoms with E-state index >= 15 is 0 Å². The smallest absolute Gasteiger partial charge is 0.0364 e. The van der Waals surface area contributed by atoms with E-state index in [1.807, 2.05) is 0 Å². The average Bonchev–Trinajstić information content (AvgIpc) is 2.85. The highest BCUT2D eigenvalue weighted by atomic mass is 15.0. The summed E-state index contributed by atoms with van der Waals surface area (Å²) in [6.07, 6.45) is 20.8. The van der Waals surface area contributed by atoms with Crippen molar-refractivity contribution in [3.8, 4) is 0 Å². The molecule has 5 atom stereocenters. The van der Waals surface area contributed by atoms with E-state index in [0.29, 0.717) is 6.04 Å². The molecule has 0 saturated carbocycles. The Morgan fingerprint density at radius 1 is 1.10 bits per heavy atom. The zero-order chi connectivity index (χ0) is 13.5. The lowest BCUT2D eigenvalue weighted by Crippen LogP contribution is -2.29. The number of nitrogens with one attached hydrogen (secondary N) is 1. The Hall–Kier alpha value is -1.24. The van der Waals surface area contributed by atoms with E-state index in [1.54, 1.807) is 5.57 Å². The molecular weight excluding hydrogens is 242 g/mol. The molecule has 0 aromatic carbocycles. The van der Waals surface area contributed by atoms with Gasteiger partial charge in [-0.05, 0) is 61.5 Å². The Kier molecular flexibility index (Phi) is 3.09. The van der Waals surface area contributed by atoms with Gasteiger partial charge in [-0.25, -0.2) is 0 Å². The van der Waals surface area contributed by atoms with Crippen LogP contribution in [0.1, 0.15) is 39.0 Å². The highest BCUT2D eigenvalue weighted by molar-refractivity contribution is 5.38. The maximum Gasteiger partial charge on any atom is 0.0364 e. The van der Waals surface area contributed by atoms with Gasteiger partial charge in [-0.1, -0.05) is 37.3 Å². The fraction of sp³-hybridized carbons (Fsp3) is 0.579. The van der Waals surface area contributed by atoms with Gasteiger partial charge in [-0.15, -0.1) is 0 Å². The number of rotatable bonds is 1. The van der Waals surface area contributed by atoms with E-state index < -0.39 is 0 Å². The second-order valence-electron chi connectivity index (χ2n) is 6.99. The molecule has 0 bridgehead atoms. The van der Waals surface area contributed by atoms with E-state index in [4.69, 9.17) is 0 Å². The van der Waals surface area contributed by atoms with Crippen molar-refractivity contribution >= 4 is 0 Å². The molecule has 0 fully saturated rings. The SMILES string of the molecule is CC1C=CCCC1C1C=CC2=C(C1)C1CC=CCC1N2. The molecule has 3 aliphatic carbocycles. The van der Waals surface area contributed by atoms with Crippen molar-refractivity contribution in [2.75, 3.05) is 0 Å². The second-order valence-corrected chi connectivity index (χ2v) is 6.99. The minimum Gasteiger partial charge on any atom is -0.381 e. The lowest BCUT2D eigenvalue weighted by Gasteiger charge is -2.34. The molecule has 0 aromatic rings. The molecule has 1 aliphatic heterocycles. The first-order chi connectivity index (χ1) is 9.83. The van der Waals surface area contributed by atoms with Crippen molar-refractivity contribution in [2.45, 2.75) is 45.1 Å². The first kappa shape index (κ1) is 12.5. The Morgan fingerprint density at radius 3 is 2.90 bits per heavy atom. The van der Waals surface area contributed by atoms with E-state index in [2.05, 4.69) is 48.7 Å². The third-order valence-corrected chi connectivity index (χ3v) is 5.86. The van der Waals surface area contributed by atoms with Crippen LogP contribution >= 0.6 is 0 Å². The van der Waals surface area contributed by atoms with Gasteiger partial charge in [0.05, 0.1) is 0 Å². The van der Waals surface area contributed by atoms with Gasteiger partial charge in [0.2, 0.25) is 0 Å². The molecule has 0 saturated heterocycles. The van der Waals surface area contributed by atoms with Gasteiger partial charge < -0.3 is 5.32 Å². The summed E-state index contributed by atoms with van der Waals surface area (Å²) >= 11 is 0. The van der Waals surface area contributed by atoms with Gasteiger partial charge >= 0.3 is 0 Å². The predicted molar refractivity (Wildman–Crippen MR) is 84.1 cm³/mol. The molecule has 20 heavy (non-hydrogen) atoms. The van der Waals surface area contributed by atoms with Crippen LogP contribution in [-0.2, 0) is 0 Å². The standard InChI is InChI=1S/C19H25N/c1-13-6-2-3-7-15(13)14-10-11-19-17(12-14)16-8-4-5-9-18(16)20-19/h2,4-6,10-11,13-16,18,20H,3,7-9,12H2,1H3. The Morgan fingerprint density at radius 2 is 2.00 bits per heavy atom. The van der Waals surface area contributed by atoms with Gasteiger partial charge in [0.25, 0.3) is 0 Å². The third kappa shape index (κ3) is 1.99. The summed E-state index contributed by atoms with van der Waals surface area (Å²) in [5, 5.41) is 3.76. The number of hydrogen-bond acceptors (Lipinski definition) is 1. The second kappa shape index (κ2) is 4.95. The summed E-state index contributed by atoms with van der Waals surface area (Å²) in [4.78, 5) is 0. The number of allylic oxidation sites excluding steroid dienone is 5.